The molecule has 0 bridgehead atoms. The van der Waals surface area contributed by atoms with E-state index >= 15 is 0 Å². The Balaban J connectivity index is 2.07. The van der Waals surface area contributed by atoms with Crippen LogP contribution in [-0.2, 0) is 6.42 Å². The van der Waals surface area contributed by atoms with E-state index in [4.69, 9.17) is 0 Å². The molecule has 0 fully saturated rings. The number of aromatic nitrogens is 1. The largest absolute Gasteiger partial charge is 0.506 e. The molecule has 0 saturated heterocycles. The van der Waals surface area contributed by atoms with Crippen LogP contribution in [0.4, 0.5) is 4.39 Å². The smallest absolute Gasteiger partial charge is 0.267 e. The first-order valence-corrected chi connectivity index (χ1v) is 8.98. The molecule has 6 nitrogen and oxygen atoms in total. The van der Waals surface area contributed by atoms with Crippen LogP contribution in [-0.4, -0.2) is 42.8 Å². The first-order valence-electron chi connectivity index (χ1n) is 8.98. The highest BCUT2D eigenvalue weighted by Gasteiger charge is 2.28. The molecule has 1 aliphatic rings. The van der Waals surface area contributed by atoms with Gasteiger partial charge in [-0.3, -0.25) is 9.59 Å². The van der Waals surface area contributed by atoms with E-state index < -0.39 is 23.0 Å². The van der Waals surface area contributed by atoms with Gasteiger partial charge in [0, 0.05) is 24.4 Å². The minimum atomic E-state index is -0.615. The number of aromatic hydroxyl groups is 1. The summed E-state index contributed by atoms with van der Waals surface area (Å²) in [6.07, 6.45) is 2.07. The zero-order valence-corrected chi connectivity index (χ0v) is 15.4. The summed E-state index contributed by atoms with van der Waals surface area (Å²) in [5, 5.41) is 13.5. The normalized spacial score (nSPS) is 16.3. The third-order valence-corrected chi connectivity index (χ3v) is 4.96. The van der Waals surface area contributed by atoms with E-state index in [0.29, 0.717) is 30.5 Å². The fourth-order valence-corrected chi connectivity index (χ4v) is 3.62. The summed E-state index contributed by atoms with van der Waals surface area (Å²) in [6, 6.07) is 2.47. The summed E-state index contributed by atoms with van der Waals surface area (Å²) in [6.45, 7) is 3.18. The number of carbonyl (C=O) groups excluding carboxylic acids is 1. The van der Waals surface area contributed by atoms with Crippen molar-refractivity contribution in [1.29, 1.82) is 0 Å². The van der Waals surface area contributed by atoms with Crippen molar-refractivity contribution < 1.29 is 19.2 Å². The molecule has 0 radical (unpaired) electrons. The molecule has 140 valence electrons. The standard InChI is InChI=1S/C19H24FN3O3/c1-11-5-6-12-9-13(20)10-14-16(12)23(11)19(26)15(17(14)24)18(25)21-7-4-8-22(2)3/h9-11,24H,4-8H2,1-3H3,(H,21,25)/p+1/t11-/m1/s1. The van der Waals surface area contributed by atoms with E-state index in [1.165, 1.54) is 21.6 Å². The van der Waals surface area contributed by atoms with Gasteiger partial charge in [-0.2, -0.15) is 0 Å². The van der Waals surface area contributed by atoms with Crippen molar-refractivity contribution in [2.75, 3.05) is 27.2 Å². The van der Waals surface area contributed by atoms with E-state index in [2.05, 4.69) is 5.32 Å². The maximum absolute atomic E-state index is 14.0. The number of amides is 1. The van der Waals surface area contributed by atoms with Crippen LogP contribution >= 0.6 is 0 Å². The van der Waals surface area contributed by atoms with Crippen LogP contribution in [0.15, 0.2) is 16.9 Å². The van der Waals surface area contributed by atoms with Crippen molar-refractivity contribution in [3.8, 4) is 5.75 Å². The lowest BCUT2D eigenvalue weighted by atomic mass is 9.95. The Hall–Kier alpha value is -2.41. The summed E-state index contributed by atoms with van der Waals surface area (Å²) >= 11 is 0. The number of quaternary nitrogens is 1. The quantitative estimate of drug-likeness (QED) is 0.683. The Morgan fingerprint density at radius 1 is 1.42 bits per heavy atom. The highest BCUT2D eigenvalue weighted by molar-refractivity contribution is 6.03. The molecule has 7 heteroatoms. The number of nitrogens with one attached hydrogen (secondary N) is 2. The van der Waals surface area contributed by atoms with Crippen LogP contribution < -0.4 is 15.8 Å². The molecule has 1 aliphatic heterocycles. The minimum Gasteiger partial charge on any atom is -0.506 e. The van der Waals surface area contributed by atoms with Gasteiger partial charge in [0.25, 0.3) is 11.5 Å². The molecule has 3 rings (SSSR count). The molecule has 3 N–H and O–H groups in total. The predicted molar refractivity (Wildman–Crippen MR) is 97.5 cm³/mol. The van der Waals surface area contributed by atoms with Gasteiger partial charge in [-0.25, -0.2) is 4.39 Å². The lowest BCUT2D eigenvalue weighted by Crippen LogP contribution is -3.05. The van der Waals surface area contributed by atoms with Gasteiger partial charge in [0.1, 0.15) is 17.1 Å². The van der Waals surface area contributed by atoms with Crippen LogP contribution in [0.5, 0.6) is 5.75 Å². The van der Waals surface area contributed by atoms with Crippen molar-refractivity contribution in [1.82, 2.24) is 9.88 Å². The molecular weight excluding hydrogens is 337 g/mol. The van der Waals surface area contributed by atoms with Crippen molar-refractivity contribution in [2.24, 2.45) is 0 Å². The van der Waals surface area contributed by atoms with Crippen LogP contribution in [0.2, 0.25) is 0 Å². The number of benzene rings is 1. The van der Waals surface area contributed by atoms with Crippen molar-refractivity contribution >= 4 is 16.8 Å². The number of hydrogen-bond donors (Lipinski definition) is 3. The molecule has 1 aromatic carbocycles. The Morgan fingerprint density at radius 3 is 2.85 bits per heavy atom. The molecule has 0 spiro atoms. The van der Waals surface area contributed by atoms with Gasteiger partial charge >= 0.3 is 0 Å². The van der Waals surface area contributed by atoms with Gasteiger partial charge < -0.3 is 19.9 Å². The monoisotopic (exact) mass is 362 g/mol. The van der Waals surface area contributed by atoms with Crippen molar-refractivity contribution in [3.63, 3.8) is 0 Å². The number of nitrogens with zero attached hydrogens (tertiary/aromatic N) is 1. The highest BCUT2D eigenvalue weighted by Crippen LogP contribution is 2.35. The highest BCUT2D eigenvalue weighted by atomic mass is 19.1. The third-order valence-electron chi connectivity index (χ3n) is 4.96. The van der Waals surface area contributed by atoms with Gasteiger partial charge in [-0.15, -0.1) is 0 Å². The van der Waals surface area contributed by atoms with E-state index in [1.807, 2.05) is 21.0 Å². The van der Waals surface area contributed by atoms with E-state index in [0.717, 1.165) is 13.0 Å². The Bertz CT molecular complexity index is 921. The Morgan fingerprint density at radius 2 is 2.15 bits per heavy atom. The van der Waals surface area contributed by atoms with Crippen LogP contribution in [0, 0.1) is 5.82 Å². The summed E-state index contributed by atoms with van der Waals surface area (Å²) in [5.41, 5.74) is 0.387. The van der Waals surface area contributed by atoms with Crippen molar-refractivity contribution in [3.05, 3.63) is 39.4 Å². The topological polar surface area (TPSA) is 75.8 Å². The SMILES string of the molecule is C[C@@H]1CCc2cc(F)cc3c(O)c(C(=O)NCCC[NH+](C)C)c(=O)n1c23. The van der Waals surface area contributed by atoms with Crippen LogP contribution in [0.25, 0.3) is 10.9 Å². The van der Waals surface area contributed by atoms with E-state index in [1.54, 1.807) is 0 Å². The second-order valence-electron chi connectivity index (χ2n) is 7.31. The molecule has 0 saturated carbocycles. The number of pyridine rings is 1. The fraction of sp³-hybridized carbons (Fsp3) is 0.474. The number of hydrogen-bond acceptors (Lipinski definition) is 3. The molecule has 0 unspecified atom stereocenters. The maximum Gasteiger partial charge on any atom is 0.267 e. The molecule has 26 heavy (non-hydrogen) atoms. The first kappa shape index (κ1) is 18.4. The molecule has 1 amide bonds. The molecule has 1 aromatic heterocycles. The van der Waals surface area contributed by atoms with Gasteiger partial charge in [-0.1, -0.05) is 0 Å². The molecule has 2 heterocycles. The lowest BCUT2D eigenvalue weighted by Gasteiger charge is -2.26. The predicted octanol–water partition coefficient (Wildman–Crippen LogP) is 0.618. The van der Waals surface area contributed by atoms with Gasteiger partial charge in [0.05, 0.1) is 26.2 Å². The summed E-state index contributed by atoms with van der Waals surface area (Å²) in [4.78, 5) is 26.8. The van der Waals surface area contributed by atoms with Crippen LogP contribution in [0.3, 0.4) is 0 Å². The number of rotatable bonds is 5. The second-order valence-corrected chi connectivity index (χ2v) is 7.31. The molecular formula is C19H25FN3O3+. The number of aryl methyl sites for hydroxylation is 1. The van der Waals surface area contributed by atoms with Gasteiger partial charge in [0.15, 0.2) is 0 Å². The Labute approximate surface area is 151 Å². The number of carbonyl (C=O) groups is 1. The van der Waals surface area contributed by atoms with Gasteiger partial charge in [0.2, 0.25) is 0 Å². The molecule has 1 atom stereocenters. The third kappa shape index (κ3) is 3.19. The average Bonchev–Trinajstić information content (AvgIpc) is 2.57. The first-order chi connectivity index (χ1) is 12.3. The maximum atomic E-state index is 14.0. The lowest BCUT2D eigenvalue weighted by molar-refractivity contribution is -0.858. The average molecular weight is 362 g/mol. The van der Waals surface area contributed by atoms with E-state index in [9.17, 15) is 19.1 Å². The molecule has 2 aromatic rings. The zero-order chi connectivity index (χ0) is 19.0. The molecule has 0 aliphatic carbocycles. The second kappa shape index (κ2) is 7.07. The number of halogens is 1. The van der Waals surface area contributed by atoms with Gasteiger partial charge in [-0.05, 0) is 37.5 Å². The fourth-order valence-electron chi connectivity index (χ4n) is 3.62. The zero-order valence-electron chi connectivity index (χ0n) is 15.4. The van der Waals surface area contributed by atoms with E-state index in [-0.39, 0.29) is 17.0 Å². The van der Waals surface area contributed by atoms with Crippen LogP contribution in [0.1, 0.15) is 41.7 Å². The summed E-state index contributed by atoms with van der Waals surface area (Å²) in [7, 11) is 4.03. The summed E-state index contributed by atoms with van der Waals surface area (Å²) < 4.78 is 15.5. The summed E-state index contributed by atoms with van der Waals surface area (Å²) in [5.74, 6) is -1.54. The minimum absolute atomic E-state index is 0.118. The van der Waals surface area contributed by atoms with Crippen molar-refractivity contribution in [2.45, 2.75) is 32.2 Å². The Kier molecular flexibility index (Phi) is 5.00.